The summed E-state index contributed by atoms with van der Waals surface area (Å²) in [5.74, 6) is -2.24. The van der Waals surface area contributed by atoms with Gasteiger partial charge in [0.25, 0.3) is 0 Å². The Hall–Kier alpha value is -3.26. The Bertz CT molecular complexity index is 763. The van der Waals surface area contributed by atoms with Crippen LogP contribution in [0.1, 0.15) is 11.1 Å². The van der Waals surface area contributed by atoms with Gasteiger partial charge in [0.1, 0.15) is 6.61 Å². The summed E-state index contributed by atoms with van der Waals surface area (Å²) in [4.78, 5) is 23.0. The molecule has 0 saturated heterocycles. The summed E-state index contributed by atoms with van der Waals surface area (Å²) in [5, 5.41) is 40.0. The van der Waals surface area contributed by atoms with Crippen molar-refractivity contribution >= 4 is 12.1 Å². The molecule has 26 heavy (non-hydrogen) atoms. The zero-order valence-corrected chi connectivity index (χ0v) is 13.7. The van der Waals surface area contributed by atoms with E-state index in [4.69, 9.17) is 9.84 Å². The van der Waals surface area contributed by atoms with E-state index in [1.165, 1.54) is 18.2 Å². The second kappa shape index (κ2) is 8.72. The zero-order chi connectivity index (χ0) is 19.1. The van der Waals surface area contributed by atoms with E-state index in [1.54, 1.807) is 24.3 Å². The van der Waals surface area contributed by atoms with Crippen LogP contribution in [0.4, 0.5) is 4.79 Å². The summed E-state index contributed by atoms with van der Waals surface area (Å²) in [7, 11) is 0. The predicted molar refractivity (Wildman–Crippen MR) is 90.7 cm³/mol. The summed E-state index contributed by atoms with van der Waals surface area (Å²) in [6.45, 7) is -0.0114. The first-order chi connectivity index (χ1) is 12.4. The Labute approximate surface area is 149 Å². The number of hydrogen-bond acceptors (Lipinski definition) is 6. The number of hydrogen-bond donors (Lipinski definition) is 5. The smallest absolute Gasteiger partial charge is 0.407 e. The maximum atomic E-state index is 11.9. The van der Waals surface area contributed by atoms with Gasteiger partial charge in [-0.2, -0.15) is 0 Å². The van der Waals surface area contributed by atoms with Gasteiger partial charge in [0.15, 0.2) is 17.6 Å². The first-order valence-electron chi connectivity index (χ1n) is 7.75. The van der Waals surface area contributed by atoms with E-state index < -0.39 is 30.0 Å². The van der Waals surface area contributed by atoms with Gasteiger partial charge in [0.2, 0.25) is 0 Å². The predicted octanol–water partition coefficient (Wildman–Crippen LogP) is 1.38. The average Bonchev–Trinajstić information content (AvgIpc) is 2.62. The minimum absolute atomic E-state index is 0.0114. The van der Waals surface area contributed by atoms with Gasteiger partial charge in [-0.25, -0.2) is 9.59 Å². The number of phenolic OH excluding ortho intramolecular Hbond substituents is 2. The van der Waals surface area contributed by atoms with Gasteiger partial charge in [-0.1, -0.05) is 36.4 Å². The van der Waals surface area contributed by atoms with Crippen LogP contribution in [0.5, 0.6) is 11.5 Å². The molecule has 0 bridgehead atoms. The molecule has 2 atom stereocenters. The topological polar surface area (TPSA) is 136 Å². The number of carboxylic acid groups (broad SMARTS) is 1. The van der Waals surface area contributed by atoms with Crippen LogP contribution in [0.25, 0.3) is 0 Å². The summed E-state index contributed by atoms with van der Waals surface area (Å²) in [5.41, 5.74) is 1.16. The minimum Gasteiger partial charge on any atom is -0.504 e. The molecular formula is C18H19NO7. The van der Waals surface area contributed by atoms with Crippen LogP contribution in [0.2, 0.25) is 0 Å². The highest BCUT2D eigenvalue weighted by Gasteiger charge is 2.28. The molecule has 0 aliphatic heterocycles. The number of aliphatic hydroxyl groups is 1. The van der Waals surface area contributed by atoms with Crippen molar-refractivity contribution in [3.8, 4) is 11.5 Å². The molecule has 0 saturated carbocycles. The number of carboxylic acids is 1. The van der Waals surface area contributed by atoms with Crippen LogP contribution in [0, 0.1) is 0 Å². The van der Waals surface area contributed by atoms with E-state index in [1.807, 2.05) is 6.07 Å². The molecule has 1 amide bonds. The van der Waals surface area contributed by atoms with Gasteiger partial charge >= 0.3 is 12.1 Å². The van der Waals surface area contributed by atoms with Gasteiger partial charge in [-0.05, 0) is 29.7 Å². The van der Waals surface area contributed by atoms with Crippen LogP contribution in [-0.2, 0) is 22.6 Å². The molecule has 0 radical (unpaired) electrons. The van der Waals surface area contributed by atoms with Crippen LogP contribution in [-0.4, -0.2) is 44.6 Å². The fraction of sp³-hybridized carbons (Fsp3) is 0.222. The molecule has 0 heterocycles. The Morgan fingerprint density at radius 2 is 1.69 bits per heavy atom. The second-order valence-corrected chi connectivity index (χ2v) is 5.62. The number of ether oxygens (including phenoxy) is 1. The van der Waals surface area contributed by atoms with Gasteiger partial charge < -0.3 is 30.5 Å². The highest BCUT2D eigenvalue weighted by molar-refractivity contribution is 5.75. The normalized spacial score (nSPS) is 12.8. The number of amides is 1. The standard InChI is InChI=1S/C18H19NO7/c20-14-7-6-12(9-15(14)21)8-13(16(22)17(23)24)19-18(25)26-10-11-4-2-1-3-5-11/h1-7,9,13,16,20-22H,8,10H2,(H,19,25)(H,23,24). The summed E-state index contributed by atoms with van der Waals surface area (Å²) in [6.07, 6.45) is -2.86. The number of aliphatic carboxylic acids is 1. The van der Waals surface area contributed by atoms with Crippen molar-refractivity contribution in [1.29, 1.82) is 0 Å². The number of benzene rings is 2. The minimum atomic E-state index is -1.88. The Balaban J connectivity index is 2.03. The highest BCUT2D eigenvalue weighted by atomic mass is 16.5. The van der Waals surface area contributed by atoms with Gasteiger partial charge in [0, 0.05) is 0 Å². The Morgan fingerprint density at radius 1 is 1.00 bits per heavy atom. The third-order valence-electron chi connectivity index (χ3n) is 3.65. The lowest BCUT2D eigenvalue weighted by atomic mass is 10.0. The molecule has 2 aromatic rings. The highest BCUT2D eigenvalue weighted by Crippen LogP contribution is 2.25. The quantitative estimate of drug-likeness (QED) is 0.470. The number of alkyl carbamates (subject to hydrolysis) is 1. The molecule has 0 aliphatic carbocycles. The Morgan fingerprint density at radius 3 is 2.31 bits per heavy atom. The molecule has 8 heteroatoms. The molecule has 0 aliphatic rings. The number of rotatable bonds is 7. The third-order valence-corrected chi connectivity index (χ3v) is 3.65. The number of phenols is 2. The summed E-state index contributed by atoms with van der Waals surface area (Å²) in [6, 6.07) is 11.6. The lowest BCUT2D eigenvalue weighted by Gasteiger charge is -2.21. The number of carbonyl (C=O) groups excluding carboxylic acids is 1. The van der Waals surface area contributed by atoms with E-state index in [2.05, 4.69) is 5.32 Å². The van der Waals surface area contributed by atoms with Crippen molar-refractivity contribution in [1.82, 2.24) is 5.32 Å². The lowest BCUT2D eigenvalue weighted by molar-refractivity contribution is -0.148. The van der Waals surface area contributed by atoms with Crippen LogP contribution in [0.3, 0.4) is 0 Å². The van der Waals surface area contributed by atoms with Crippen molar-refractivity contribution < 1.29 is 34.8 Å². The third kappa shape index (κ3) is 5.38. The molecule has 0 spiro atoms. The van der Waals surface area contributed by atoms with Gasteiger partial charge in [-0.15, -0.1) is 0 Å². The fourth-order valence-electron chi connectivity index (χ4n) is 2.28. The molecule has 2 rings (SSSR count). The molecular weight excluding hydrogens is 342 g/mol. The number of nitrogens with one attached hydrogen (secondary N) is 1. The fourth-order valence-corrected chi connectivity index (χ4v) is 2.28. The number of aliphatic hydroxyl groups excluding tert-OH is 1. The molecule has 0 aromatic heterocycles. The van der Waals surface area contributed by atoms with Crippen molar-refractivity contribution in [3.63, 3.8) is 0 Å². The van der Waals surface area contributed by atoms with Crippen LogP contribution in [0.15, 0.2) is 48.5 Å². The average molecular weight is 361 g/mol. The number of carbonyl (C=O) groups is 2. The summed E-state index contributed by atoms with van der Waals surface area (Å²) >= 11 is 0. The Kier molecular flexibility index (Phi) is 6.40. The van der Waals surface area contributed by atoms with E-state index in [9.17, 15) is 24.9 Å². The SMILES string of the molecule is O=C(NC(Cc1ccc(O)c(O)c1)C(O)C(=O)O)OCc1ccccc1. The van der Waals surface area contributed by atoms with Crippen molar-refractivity contribution in [2.75, 3.05) is 0 Å². The number of aromatic hydroxyl groups is 2. The first-order valence-corrected chi connectivity index (χ1v) is 7.75. The van der Waals surface area contributed by atoms with E-state index >= 15 is 0 Å². The molecule has 138 valence electrons. The molecule has 8 nitrogen and oxygen atoms in total. The van der Waals surface area contributed by atoms with Crippen LogP contribution < -0.4 is 5.32 Å². The molecule has 5 N–H and O–H groups in total. The van der Waals surface area contributed by atoms with Crippen LogP contribution >= 0.6 is 0 Å². The maximum Gasteiger partial charge on any atom is 0.407 e. The van der Waals surface area contributed by atoms with Crippen molar-refractivity contribution in [2.45, 2.75) is 25.2 Å². The second-order valence-electron chi connectivity index (χ2n) is 5.62. The largest absolute Gasteiger partial charge is 0.504 e. The van der Waals surface area contributed by atoms with E-state index in [-0.39, 0.29) is 18.8 Å². The van der Waals surface area contributed by atoms with Crippen molar-refractivity contribution in [2.24, 2.45) is 0 Å². The summed E-state index contributed by atoms with van der Waals surface area (Å²) < 4.78 is 5.03. The van der Waals surface area contributed by atoms with Gasteiger partial charge in [0.05, 0.1) is 6.04 Å². The van der Waals surface area contributed by atoms with E-state index in [0.717, 1.165) is 5.56 Å². The molecule has 0 fully saturated rings. The van der Waals surface area contributed by atoms with E-state index in [0.29, 0.717) is 5.56 Å². The van der Waals surface area contributed by atoms with Crippen molar-refractivity contribution in [3.05, 3.63) is 59.7 Å². The lowest BCUT2D eigenvalue weighted by Crippen LogP contribution is -2.48. The first kappa shape index (κ1) is 19.1. The zero-order valence-electron chi connectivity index (χ0n) is 13.7. The monoisotopic (exact) mass is 361 g/mol. The van der Waals surface area contributed by atoms with Gasteiger partial charge in [-0.3, -0.25) is 0 Å². The maximum absolute atomic E-state index is 11.9. The molecule has 2 unspecified atom stereocenters. The molecule has 2 aromatic carbocycles.